The molecule has 20 heteroatoms. The van der Waals surface area contributed by atoms with Crippen molar-refractivity contribution in [1.29, 1.82) is 0 Å². The molecule has 382 valence electrons. The summed E-state index contributed by atoms with van der Waals surface area (Å²) >= 11 is 0. The SMILES string of the molecule is CCC1CC(C(=O)NCCNC(=O)c2ccccc2CCC(=O)O)C(CO[C@@H]2OC(CO)[C@H](O)C(O[C@@H](CC3CCCCC3)C(=O)N3CCC3)C2NC(C)=O)CC1O[C@@H]1OC(C)[C@@H](O)C(O)C1O. The number of nitrogens with one attached hydrogen (secondary N) is 3. The van der Waals surface area contributed by atoms with Gasteiger partial charge in [0.25, 0.3) is 11.8 Å². The van der Waals surface area contributed by atoms with E-state index in [-0.39, 0.29) is 69.0 Å². The highest BCUT2D eigenvalue weighted by Gasteiger charge is 2.51. The number of aliphatic hydroxyl groups is 5. The van der Waals surface area contributed by atoms with E-state index in [0.717, 1.165) is 38.5 Å². The van der Waals surface area contributed by atoms with Crippen molar-refractivity contribution in [2.24, 2.45) is 23.7 Å². The first kappa shape index (κ1) is 53.5. The number of benzene rings is 1. The average Bonchev–Trinajstić information content (AvgIpc) is 3.30. The van der Waals surface area contributed by atoms with Gasteiger partial charge in [-0.05, 0) is 68.4 Å². The molecule has 9 N–H and O–H groups in total. The van der Waals surface area contributed by atoms with Gasteiger partial charge in [0.05, 0.1) is 25.4 Å². The van der Waals surface area contributed by atoms with Crippen molar-refractivity contribution in [3.63, 3.8) is 0 Å². The van der Waals surface area contributed by atoms with Crippen LogP contribution in [-0.2, 0) is 49.3 Å². The number of aryl methyl sites for hydroxylation is 1. The minimum Gasteiger partial charge on any atom is -0.481 e. The smallest absolute Gasteiger partial charge is 0.303 e. The molecule has 0 spiro atoms. The molecular formula is C48H74N4O16. The molecule has 5 fully saturated rings. The van der Waals surface area contributed by atoms with Crippen LogP contribution in [0.1, 0.15) is 107 Å². The van der Waals surface area contributed by atoms with Gasteiger partial charge in [-0.1, -0.05) is 63.6 Å². The van der Waals surface area contributed by atoms with Gasteiger partial charge in [-0.15, -0.1) is 0 Å². The highest BCUT2D eigenvalue weighted by molar-refractivity contribution is 5.95. The van der Waals surface area contributed by atoms with E-state index in [0.29, 0.717) is 37.1 Å². The molecule has 3 saturated heterocycles. The van der Waals surface area contributed by atoms with Gasteiger partial charge in [0.2, 0.25) is 11.8 Å². The van der Waals surface area contributed by atoms with Gasteiger partial charge in [-0.3, -0.25) is 24.0 Å². The fraction of sp³-hybridized carbons (Fsp3) is 0.771. The van der Waals surface area contributed by atoms with Crippen LogP contribution in [0.4, 0.5) is 0 Å². The number of aliphatic carboxylic acids is 1. The molecule has 3 heterocycles. The highest BCUT2D eigenvalue weighted by Crippen LogP contribution is 2.41. The Morgan fingerprint density at radius 3 is 2.25 bits per heavy atom. The zero-order valence-corrected chi connectivity index (χ0v) is 39.5. The Labute approximate surface area is 397 Å². The summed E-state index contributed by atoms with van der Waals surface area (Å²) in [7, 11) is 0. The quantitative estimate of drug-likeness (QED) is 0.0753. The Balaban J connectivity index is 1.20. The van der Waals surface area contributed by atoms with Crippen LogP contribution in [0.3, 0.4) is 0 Å². The van der Waals surface area contributed by atoms with Crippen molar-refractivity contribution in [2.45, 2.75) is 171 Å². The van der Waals surface area contributed by atoms with E-state index in [1.165, 1.54) is 6.92 Å². The molecule has 2 aliphatic carbocycles. The standard InChI is InChI=1S/C48H74N4O16/c1-4-29-22-33(45(62)50-18-17-49-44(61)32-14-9-8-13-30(32)15-16-37(55)56)31(23-34(29)67-48-42(60)41(59)39(57)26(2)65-48)25-64-47-38(51-27(3)54)43(40(58)36(24-53)68-47)66-35(46(63)52-19-10-20-52)21-28-11-6-5-7-12-28/h8-9,13-14,26,28-29,31,33-36,38-43,47-48,53,57-60H,4-7,10-12,15-25H2,1-3H3,(H,49,61)(H,50,62)(H,51,54)(H,55,56)/t26?,29?,31?,33?,34?,35-,36?,38?,39+,40-,41?,42?,43?,47+,48-/m0/s1. The zero-order valence-electron chi connectivity index (χ0n) is 39.5. The molecule has 20 nitrogen and oxygen atoms in total. The summed E-state index contributed by atoms with van der Waals surface area (Å²) in [4.78, 5) is 67.1. The molecule has 4 amide bonds. The molecule has 3 aliphatic heterocycles. The predicted octanol–water partition coefficient (Wildman–Crippen LogP) is 0.371. The minimum absolute atomic E-state index is 0.0481. The summed E-state index contributed by atoms with van der Waals surface area (Å²) in [6.45, 7) is 5.23. The van der Waals surface area contributed by atoms with Crippen LogP contribution in [0.5, 0.6) is 0 Å². The Kier molecular flexibility index (Phi) is 19.9. The number of aliphatic hydroxyl groups excluding tert-OH is 5. The number of amides is 4. The van der Waals surface area contributed by atoms with Crippen LogP contribution < -0.4 is 16.0 Å². The van der Waals surface area contributed by atoms with E-state index in [9.17, 15) is 49.5 Å². The van der Waals surface area contributed by atoms with Crippen LogP contribution in [0.25, 0.3) is 0 Å². The van der Waals surface area contributed by atoms with Crippen molar-refractivity contribution < 1.29 is 78.3 Å². The molecule has 10 unspecified atom stereocenters. The number of carboxylic acids is 1. The second-order valence-corrected chi connectivity index (χ2v) is 19.2. The fourth-order valence-electron chi connectivity index (χ4n) is 10.4. The molecule has 0 radical (unpaired) electrons. The van der Waals surface area contributed by atoms with Crippen LogP contribution in [-0.4, -0.2) is 178 Å². The summed E-state index contributed by atoms with van der Waals surface area (Å²) in [5, 5.41) is 71.7. The zero-order chi connectivity index (χ0) is 49.1. The number of hydrogen-bond donors (Lipinski definition) is 9. The Bertz CT molecular complexity index is 1830. The first-order valence-electron chi connectivity index (χ1n) is 24.6. The van der Waals surface area contributed by atoms with E-state index in [4.69, 9.17) is 28.8 Å². The van der Waals surface area contributed by atoms with Gasteiger partial charge in [0.15, 0.2) is 12.6 Å². The number of carbonyl (C=O) groups is 5. The van der Waals surface area contributed by atoms with Gasteiger partial charge < -0.3 is 75.2 Å². The number of ether oxygens (including phenoxy) is 5. The number of rotatable bonds is 21. The first-order valence-corrected chi connectivity index (χ1v) is 24.6. The Hall–Kier alpha value is -3.83. The molecule has 2 saturated carbocycles. The van der Waals surface area contributed by atoms with Crippen molar-refractivity contribution in [3.05, 3.63) is 35.4 Å². The monoisotopic (exact) mass is 963 g/mol. The number of nitrogens with zero attached hydrogens (tertiary/aromatic N) is 1. The maximum Gasteiger partial charge on any atom is 0.303 e. The van der Waals surface area contributed by atoms with Crippen LogP contribution in [0, 0.1) is 23.7 Å². The molecule has 15 atom stereocenters. The summed E-state index contributed by atoms with van der Waals surface area (Å²) in [6, 6.07) is 5.55. The number of carboxylic acid groups (broad SMARTS) is 1. The van der Waals surface area contributed by atoms with Gasteiger partial charge in [-0.25, -0.2) is 0 Å². The van der Waals surface area contributed by atoms with Gasteiger partial charge >= 0.3 is 5.97 Å². The minimum atomic E-state index is -1.57. The fourth-order valence-corrected chi connectivity index (χ4v) is 10.4. The Morgan fingerprint density at radius 2 is 1.59 bits per heavy atom. The number of carbonyl (C=O) groups excluding carboxylic acids is 4. The van der Waals surface area contributed by atoms with E-state index in [2.05, 4.69) is 16.0 Å². The molecule has 0 aromatic heterocycles. The summed E-state index contributed by atoms with van der Waals surface area (Å²) in [5.74, 6) is -3.81. The largest absolute Gasteiger partial charge is 0.481 e. The normalized spacial score (nSPS) is 33.7. The van der Waals surface area contributed by atoms with Gasteiger partial charge in [0, 0.05) is 51.0 Å². The van der Waals surface area contributed by atoms with Crippen molar-refractivity contribution >= 4 is 29.6 Å². The second kappa shape index (κ2) is 25.3. The van der Waals surface area contributed by atoms with Crippen LogP contribution in [0.15, 0.2) is 24.3 Å². The lowest BCUT2D eigenvalue weighted by Crippen LogP contribution is -2.66. The third kappa shape index (κ3) is 13.7. The summed E-state index contributed by atoms with van der Waals surface area (Å²) in [5.41, 5.74) is 0.911. The molecule has 1 aromatic carbocycles. The molecule has 5 aliphatic rings. The van der Waals surface area contributed by atoms with Gasteiger partial charge in [-0.2, -0.15) is 0 Å². The summed E-state index contributed by atoms with van der Waals surface area (Å²) in [6.07, 6.45) is -6.06. The predicted molar refractivity (Wildman–Crippen MR) is 241 cm³/mol. The maximum atomic E-state index is 14.2. The van der Waals surface area contributed by atoms with E-state index >= 15 is 0 Å². The molecule has 0 bridgehead atoms. The van der Waals surface area contributed by atoms with Gasteiger partial charge in [0.1, 0.15) is 48.8 Å². The van der Waals surface area contributed by atoms with Crippen LogP contribution in [0.2, 0.25) is 0 Å². The van der Waals surface area contributed by atoms with E-state index in [1.807, 2.05) is 6.92 Å². The molecule has 6 rings (SSSR count). The average molecular weight is 963 g/mol. The third-order valence-electron chi connectivity index (χ3n) is 14.5. The highest BCUT2D eigenvalue weighted by atomic mass is 16.7. The lowest BCUT2D eigenvalue weighted by atomic mass is 9.71. The first-order chi connectivity index (χ1) is 32.6. The lowest BCUT2D eigenvalue weighted by molar-refractivity contribution is -0.313. The Morgan fingerprint density at radius 1 is 0.868 bits per heavy atom. The number of hydrogen-bond acceptors (Lipinski definition) is 15. The second-order valence-electron chi connectivity index (χ2n) is 19.2. The third-order valence-corrected chi connectivity index (χ3v) is 14.5. The van der Waals surface area contributed by atoms with Crippen molar-refractivity contribution in [1.82, 2.24) is 20.9 Å². The topological polar surface area (TPSA) is 292 Å². The van der Waals surface area contributed by atoms with E-state index < -0.39 is 110 Å². The number of likely N-dealkylation sites (tertiary alicyclic amines) is 1. The maximum absolute atomic E-state index is 14.2. The molecule has 1 aromatic rings. The van der Waals surface area contributed by atoms with Crippen molar-refractivity contribution in [3.8, 4) is 0 Å². The van der Waals surface area contributed by atoms with Crippen LogP contribution >= 0.6 is 0 Å². The van der Waals surface area contributed by atoms with Crippen molar-refractivity contribution in [2.75, 3.05) is 39.4 Å². The summed E-state index contributed by atoms with van der Waals surface area (Å²) < 4.78 is 31.4. The lowest BCUT2D eigenvalue weighted by Gasteiger charge is -2.47. The van der Waals surface area contributed by atoms with E-state index in [1.54, 1.807) is 36.1 Å². The molecule has 68 heavy (non-hydrogen) atoms. The molecular weight excluding hydrogens is 889 g/mol.